The maximum atomic E-state index is 12.7. The first-order valence-electron chi connectivity index (χ1n) is 9.20. The number of nitrogens with one attached hydrogen (secondary N) is 1. The van der Waals surface area contributed by atoms with Crippen LogP contribution in [0.25, 0.3) is 0 Å². The molecule has 2 amide bonds. The molecule has 1 aromatic carbocycles. The number of likely N-dealkylation sites (tertiary alicyclic amines) is 1. The van der Waals surface area contributed by atoms with Crippen LogP contribution in [0.1, 0.15) is 38.2 Å². The van der Waals surface area contributed by atoms with Crippen molar-refractivity contribution in [1.82, 2.24) is 10.2 Å². The van der Waals surface area contributed by atoms with Crippen molar-refractivity contribution in [1.29, 1.82) is 0 Å². The second-order valence-electron chi connectivity index (χ2n) is 7.57. The fourth-order valence-corrected chi connectivity index (χ4v) is 3.50. The second kappa shape index (κ2) is 7.46. The van der Waals surface area contributed by atoms with Crippen LogP contribution in [-0.4, -0.2) is 43.5 Å². The molecule has 1 saturated carbocycles. The highest BCUT2D eigenvalue weighted by Gasteiger charge is 2.41. The SMILES string of the molecule is COc1ccc([C@@H]2CN(C(=O)C(C)C)C[C@@H]2C(=O)NCC2CC2)cc1. The second-order valence-corrected chi connectivity index (χ2v) is 7.57. The molecule has 0 unspecified atom stereocenters. The highest BCUT2D eigenvalue weighted by Crippen LogP contribution is 2.35. The van der Waals surface area contributed by atoms with Gasteiger partial charge in [-0.15, -0.1) is 0 Å². The van der Waals surface area contributed by atoms with Crippen LogP contribution in [0.4, 0.5) is 0 Å². The van der Waals surface area contributed by atoms with Crippen molar-refractivity contribution in [3.8, 4) is 5.75 Å². The van der Waals surface area contributed by atoms with Crippen molar-refractivity contribution in [2.75, 3.05) is 26.7 Å². The summed E-state index contributed by atoms with van der Waals surface area (Å²) in [7, 11) is 1.64. The molecule has 1 aliphatic carbocycles. The molecule has 1 heterocycles. The topological polar surface area (TPSA) is 58.6 Å². The van der Waals surface area contributed by atoms with Crippen molar-refractivity contribution >= 4 is 11.8 Å². The van der Waals surface area contributed by atoms with Crippen LogP contribution in [0.5, 0.6) is 5.75 Å². The van der Waals surface area contributed by atoms with Gasteiger partial charge in [-0.3, -0.25) is 9.59 Å². The van der Waals surface area contributed by atoms with E-state index in [9.17, 15) is 9.59 Å². The number of ether oxygens (including phenoxy) is 1. The quantitative estimate of drug-likeness (QED) is 0.862. The number of amides is 2. The molecule has 1 N–H and O–H groups in total. The first-order chi connectivity index (χ1) is 12.0. The predicted molar refractivity (Wildman–Crippen MR) is 96.4 cm³/mol. The maximum absolute atomic E-state index is 12.7. The summed E-state index contributed by atoms with van der Waals surface area (Å²) >= 11 is 0. The minimum absolute atomic E-state index is 0.0350. The van der Waals surface area contributed by atoms with E-state index in [1.165, 1.54) is 12.8 Å². The molecule has 0 spiro atoms. The van der Waals surface area contributed by atoms with Gasteiger partial charge in [-0.1, -0.05) is 26.0 Å². The molecule has 1 aliphatic heterocycles. The van der Waals surface area contributed by atoms with E-state index in [4.69, 9.17) is 4.74 Å². The van der Waals surface area contributed by atoms with Crippen LogP contribution in [0, 0.1) is 17.8 Å². The first kappa shape index (κ1) is 17.8. The summed E-state index contributed by atoms with van der Waals surface area (Å²) in [6.07, 6.45) is 2.43. The Morgan fingerprint density at radius 2 is 1.88 bits per heavy atom. The standard InChI is InChI=1S/C20H28N2O3/c1-13(2)20(24)22-11-17(15-6-8-16(25-3)9-7-15)18(12-22)19(23)21-10-14-4-5-14/h6-9,13-14,17-18H,4-5,10-12H2,1-3H3,(H,21,23)/t17-,18-/m0/s1. The molecule has 0 radical (unpaired) electrons. The van der Waals surface area contributed by atoms with Crippen LogP contribution in [0.3, 0.4) is 0 Å². The summed E-state index contributed by atoms with van der Waals surface area (Å²) in [5, 5.41) is 3.10. The van der Waals surface area contributed by atoms with Gasteiger partial charge in [-0.05, 0) is 36.5 Å². The Hall–Kier alpha value is -2.04. The Bertz CT molecular complexity index is 622. The Morgan fingerprint density at radius 1 is 1.20 bits per heavy atom. The van der Waals surface area contributed by atoms with E-state index in [-0.39, 0.29) is 29.6 Å². The van der Waals surface area contributed by atoms with Gasteiger partial charge in [-0.2, -0.15) is 0 Å². The minimum Gasteiger partial charge on any atom is -0.497 e. The normalized spacial score (nSPS) is 23.0. The molecule has 136 valence electrons. The molecular formula is C20H28N2O3. The number of hydrogen-bond acceptors (Lipinski definition) is 3. The summed E-state index contributed by atoms with van der Waals surface area (Å²) in [5.74, 6) is 1.44. The van der Waals surface area contributed by atoms with Crippen molar-refractivity contribution in [3.05, 3.63) is 29.8 Å². The number of rotatable bonds is 6. The average Bonchev–Trinajstić information content (AvgIpc) is 3.35. The van der Waals surface area contributed by atoms with Gasteiger partial charge in [0, 0.05) is 31.5 Å². The molecule has 0 bridgehead atoms. The minimum atomic E-state index is -0.185. The lowest BCUT2D eigenvalue weighted by Gasteiger charge is -2.18. The number of carbonyl (C=O) groups excluding carboxylic acids is 2. The van der Waals surface area contributed by atoms with Gasteiger partial charge < -0.3 is 15.0 Å². The molecule has 1 aromatic rings. The summed E-state index contributed by atoms with van der Waals surface area (Å²) in [4.78, 5) is 27.0. The molecule has 2 atom stereocenters. The molecule has 0 aromatic heterocycles. The summed E-state index contributed by atoms with van der Waals surface area (Å²) in [5.41, 5.74) is 1.09. The van der Waals surface area contributed by atoms with Gasteiger partial charge in [0.1, 0.15) is 5.75 Å². The molecular weight excluding hydrogens is 316 g/mol. The Morgan fingerprint density at radius 3 is 2.44 bits per heavy atom. The maximum Gasteiger partial charge on any atom is 0.225 e. The molecule has 25 heavy (non-hydrogen) atoms. The predicted octanol–water partition coefficient (Wildman–Crippen LogP) is 2.42. The Labute approximate surface area is 149 Å². The van der Waals surface area contributed by atoms with E-state index in [0.717, 1.165) is 17.9 Å². The van der Waals surface area contributed by atoms with Crippen LogP contribution in [0.2, 0.25) is 0 Å². The lowest BCUT2D eigenvalue weighted by Crippen LogP contribution is -2.37. The van der Waals surface area contributed by atoms with Crippen LogP contribution >= 0.6 is 0 Å². The van der Waals surface area contributed by atoms with E-state index in [2.05, 4.69) is 5.32 Å². The van der Waals surface area contributed by atoms with Crippen LogP contribution in [0.15, 0.2) is 24.3 Å². The van der Waals surface area contributed by atoms with E-state index in [1.54, 1.807) is 7.11 Å². The van der Waals surface area contributed by atoms with E-state index in [0.29, 0.717) is 19.0 Å². The zero-order valence-electron chi connectivity index (χ0n) is 15.3. The van der Waals surface area contributed by atoms with Crippen LogP contribution in [-0.2, 0) is 9.59 Å². The number of hydrogen-bond donors (Lipinski definition) is 1. The molecule has 3 rings (SSSR count). The van der Waals surface area contributed by atoms with Gasteiger partial charge in [0.15, 0.2) is 0 Å². The third-order valence-corrected chi connectivity index (χ3v) is 5.27. The highest BCUT2D eigenvalue weighted by molar-refractivity contribution is 5.84. The fourth-order valence-electron chi connectivity index (χ4n) is 3.50. The van der Waals surface area contributed by atoms with Crippen molar-refractivity contribution in [3.63, 3.8) is 0 Å². The van der Waals surface area contributed by atoms with Crippen LogP contribution < -0.4 is 10.1 Å². The third-order valence-electron chi connectivity index (χ3n) is 5.27. The largest absolute Gasteiger partial charge is 0.497 e. The fraction of sp³-hybridized carbons (Fsp3) is 0.600. The van der Waals surface area contributed by atoms with Gasteiger partial charge in [0.25, 0.3) is 0 Å². The van der Waals surface area contributed by atoms with E-state index >= 15 is 0 Å². The highest BCUT2D eigenvalue weighted by atomic mass is 16.5. The molecule has 2 aliphatic rings. The lowest BCUT2D eigenvalue weighted by molar-refractivity contribution is -0.133. The molecule has 2 fully saturated rings. The Balaban J connectivity index is 1.76. The number of carbonyl (C=O) groups is 2. The molecule has 5 nitrogen and oxygen atoms in total. The van der Waals surface area contributed by atoms with E-state index < -0.39 is 0 Å². The number of methoxy groups -OCH3 is 1. The van der Waals surface area contributed by atoms with Gasteiger partial charge in [0.05, 0.1) is 13.0 Å². The first-order valence-corrected chi connectivity index (χ1v) is 9.20. The summed E-state index contributed by atoms with van der Waals surface area (Å²) in [6, 6.07) is 7.85. The number of benzene rings is 1. The zero-order chi connectivity index (χ0) is 18.0. The average molecular weight is 344 g/mol. The van der Waals surface area contributed by atoms with Crippen molar-refractivity contribution in [2.24, 2.45) is 17.8 Å². The van der Waals surface area contributed by atoms with Gasteiger partial charge in [0.2, 0.25) is 11.8 Å². The zero-order valence-corrected chi connectivity index (χ0v) is 15.3. The monoisotopic (exact) mass is 344 g/mol. The lowest BCUT2D eigenvalue weighted by atomic mass is 9.88. The summed E-state index contributed by atoms with van der Waals surface area (Å²) in [6.45, 7) is 5.69. The van der Waals surface area contributed by atoms with Gasteiger partial charge >= 0.3 is 0 Å². The molecule has 1 saturated heterocycles. The van der Waals surface area contributed by atoms with E-state index in [1.807, 2.05) is 43.0 Å². The summed E-state index contributed by atoms with van der Waals surface area (Å²) < 4.78 is 5.22. The van der Waals surface area contributed by atoms with Gasteiger partial charge in [-0.25, -0.2) is 0 Å². The van der Waals surface area contributed by atoms with Crippen molar-refractivity contribution in [2.45, 2.75) is 32.6 Å². The molecule has 5 heteroatoms. The third kappa shape index (κ3) is 4.14. The van der Waals surface area contributed by atoms with Crippen molar-refractivity contribution < 1.29 is 14.3 Å². The Kier molecular flexibility index (Phi) is 5.30. The number of nitrogens with zero attached hydrogens (tertiary/aromatic N) is 1. The smallest absolute Gasteiger partial charge is 0.225 e.